The summed E-state index contributed by atoms with van der Waals surface area (Å²) in [7, 11) is 3.63. The molecule has 2 unspecified atom stereocenters. The van der Waals surface area contributed by atoms with Crippen molar-refractivity contribution in [2.45, 2.75) is 45.9 Å². The summed E-state index contributed by atoms with van der Waals surface area (Å²) in [4.78, 5) is 16.7. The molecule has 3 heterocycles. The van der Waals surface area contributed by atoms with Gasteiger partial charge in [-0.2, -0.15) is 5.10 Å². The van der Waals surface area contributed by atoms with Crippen LogP contribution in [0.1, 0.15) is 36.6 Å². The van der Waals surface area contributed by atoms with Crippen molar-refractivity contribution in [1.29, 1.82) is 0 Å². The van der Waals surface area contributed by atoms with Gasteiger partial charge in [-0.05, 0) is 44.5 Å². The summed E-state index contributed by atoms with van der Waals surface area (Å²) < 4.78 is 13.8. The van der Waals surface area contributed by atoms with Crippen molar-refractivity contribution in [3.05, 3.63) is 41.2 Å². The van der Waals surface area contributed by atoms with Crippen LogP contribution >= 0.6 is 0 Å². The monoisotopic (exact) mass is 412 g/mol. The van der Waals surface area contributed by atoms with E-state index in [0.29, 0.717) is 19.0 Å². The van der Waals surface area contributed by atoms with Crippen LogP contribution < -0.4 is 9.47 Å². The van der Waals surface area contributed by atoms with Gasteiger partial charge in [0.2, 0.25) is 5.91 Å². The Morgan fingerprint density at radius 3 is 2.87 bits per heavy atom. The van der Waals surface area contributed by atoms with Crippen molar-refractivity contribution >= 4 is 5.91 Å². The number of ether oxygens (including phenoxy) is 2. The van der Waals surface area contributed by atoms with Crippen molar-refractivity contribution in [3.63, 3.8) is 0 Å². The molecule has 30 heavy (non-hydrogen) atoms. The highest BCUT2D eigenvalue weighted by atomic mass is 16.5. The van der Waals surface area contributed by atoms with Gasteiger partial charge in [0, 0.05) is 56.8 Å². The third-order valence-electron chi connectivity index (χ3n) is 6.33. The minimum atomic E-state index is -0.0126. The minimum Gasteiger partial charge on any atom is -0.497 e. The number of amides is 1. The van der Waals surface area contributed by atoms with Gasteiger partial charge in [0.15, 0.2) is 0 Å². The third-order valence-corrected chi connectivity index (χ3v) is 6.33. The molecule has 7 nitrogen and oxygen atoms in total. The average Bonchev–Trinajstić information content (AvgIpc) is 2.93. The summed E-state index contributed by atoms with van der Waals surface area (Å²) in [6, 6.07) is 5.88. The summed E-state index contributed by atoms with van der Waals surface area (Å²) >= 11 is 0. The molecular weight excluding hydrogens is 380 g/mol. The third kappa shape index (κ3) is 4.46. The quantitative estimate of drug-likeness (QED) is 0.773. The predicted molar refractivity (Wildman–Crippen MR) is 114 cm³/mol. The molecule has 1 saturated heterocycles. The van der Waals surface area contributed by atoms with Crippen molar-refractivity contribution < 1.29 is 14.3 Å². The van der Waals surface area contributed by atoms with Gasteiger partial charge >= 0.3 is 0 Å². The number of nitrogens with zero attached hydrogens (tertiary/aromatic N) is 4. The summed E-state index contributed by atoms with van der Waals surface area (Å²) in [6.45, 7) is 7.85. The molecule has 2 aliphatic rings. The number of hydrogen-bond donors (Lipinski definition) is 0. The van der Waals surface area contributed by atoms with Gasteiger partial charge in [0.1, 0.15) is 17.6 Å². The van der Waals surface area contributed by atoms with Crippen LogP contribution in [0.2, 0.25) is 0 Å². The molecule has 1 amide bonds. The fraction of sp³-hybridized carbons (Fsp3) is 0.565. The number of rotatable bonds is 4. The highest BCUT2D eigenvalue weighted by Gasteiger charge is 2.33. The van der Waals surface area contributed by atoms with Crippen molar-refractivity contribution in [3.8, 4) is 11.5 Å². The Morgan fingerprint density at radius 2 is 2.17 bits per heavy atom. The first-order valence-corrected chi connectivity index (χ1v) is 10.7. The van der Waals surface area contributed by atoms with E-state index >= 15 is 0 Å². The van der Waals surface area contributed by atoms with Gasteiger partial charge in [-0.3, -0.25) is 14.4 Å². The number of benzene rings is 1. The van der Waals surface area contributed by atoms with Gasteiger partial charge in [0.25, 0.3) is 0 Å². The highest BCUT2D eigenvalue weighted by Crippen LogP contribution is 2.33. The fourth-order valence-corrected chi connectivity index (χ4v) is 4.68. The van der Waals surface area contributed by atoms with Gasteiger partial charge in [0.05, 0.1) is 19.3 Å². The van der Waals surface area contributed by atoms with E-state index in [1.54, 1.807) is 14.0 Å². The summed E-state index contributed by atoms with van der Waals surface area (Å²) in [5.41, 5.74) is 3.38. The van der Waals surface area contributed by atoms with E-state index in [4.69, 9.17) is 9.47 Å². The van der Waals surface area contributed by atoms with Gasteiger partial charge < -0.3 is 14.4 Å². The lowest BCUT2D eigenvalue weighted by atomic mass is 9.91. The summed E-state index contributed by atoms with van der Waals surface area (Å²) in [5.74, 6) is 2.11. The first kappa shape index (κ1) is 20.7. The molecule has 4 rings (SSSR count). The minimum absolute atomic E-state index is 0.0126. The first-order chi connectivity index (χ1) is 14.4. The maximum absolute atomic E-state index is 12.3. The fourth-order valence-electron chi connectivity index (χ4n) is 4.68. The average molecular weight is 413 g/mol. The molecule has 2 atom stereocenters. The molecule has 1 fully saturated rings. The van der Waals surface area contributed by atoms with E-state index in [9.17, 15) is 4.79 Å². The zero-order valence-electron chi connectivity index (χ0n) is 18.4. The molecule has 0 N–H and O–H groups in total. The van der Waals surface area contributed by atoms with Crippen molar-refractivity contribution in [2.75, 3.05) is 26.7 Å². The van der Waals surface area contributed by atoms with Gasteiger partial charge in [-0.15, -0.1) is 0 Å². The largest absolute Gasteiger partial charge is 0.497 e. The second-order valence-electron chi connectivity index (χ2n) is 8.58. The summed E-state index contributed by atoms with van der Waals surface area (Å²) in [5, 5.41) is 4.48. The maximum Gasteiger partial charge on any atom is 0.219 e. The lowest BCUT2D eigenvalue weighted by Gasteiger charge is -2.37. The van der Waals surface area contributed by atoms with Crippen molar-refractivity contribution in [2.24, 2.45) is 13.0 Å². The van der Waals surface area contributed by atoms with Gasteiger partial charge in [-0.1, -0.05) is 0 Å². The number of piperidine rings is 1. The van der Waals surface area contributed by atoms with Crippen LogP contribution in [-0.2, 0) is 24.9 Å². The second-order valence-corrected chi connectivity index (χ2v) is 8.58. The lowest BCUT2D eigenvalue weighted by molar-refractivity contribution is -0.130. The van der Waals surface area contributed by atoms with Crippen LogP contribution in [-0.4, -0.2) is 58.3 Å². The van der Waals surface area contributed by atoms with Crippen LogP contribution in [0.15, 0.2) is 24.4 Å². The first-order valence-electron chi connectivity index (χ1n) is 10.7. The molecule has 2 aromatic rings. The Morgan fingerprint density at radius 1 is 1.33 bits per heavy atom. The Hall–Kier alpha value is -2.54. The van der Waals surface area contributed by atoms with Gasteiger partial charge in [-0.25, -0.2) is 0 Å². The Bertz CT molecular complexity index is 910. The number of hydrogen-bond acceptors (Lipinski definition) is 5. The zero-order valence-corrected chi connectivity index (χ0v) is 18.4. The van der Waals surface area contributed by atoms with E-state index < -0.39 is 0 Å². The number of likely N-dealkylation sites (tertiary alicyclic amines) is 1. The van der Waals surface area contributed by atoms with Crippen LogP contribution in [0.25, 0.3) is 0 Å². The number of carbonyl (C=O) groups excluding carboxylic acids is 1. The number of fused-ring (bicyclic) bond motifs is 1. The Labute approximate surface area is 178 Å². The second kappa shape index (κ2) is 8.68. The van der Waals surface area contributed by atoms with E-state index in [1.165, 1.54) is 5.56 Å². The lowest BCUT2D eigenvalue weighted by Crippen LogP contribution is -2.46. The van der Waals surface area contributed by atoms with Crippen LogP contribution in [0, 0.1) is 12.8 Å². The molecule has 2 aliphatic heterocycles. The molecule has 0 radical (unpaired) electrons. The smallest absolute Gasteiger partial charge is 0.219 e. The van der Waals surface area contributed by atoms with Crippen molar-refractivity contribution in [1.82, 2.24) is 19.6 Å². The van der Waals surface area contributed by atoms with Crippen LogP contribution in [0.5, 0.6) is 11.5 Å². The predicted octanol–water partition coefficient (Wildman–Crippen LogP) is 2.76. The van der Waals surface area contributed by atoms with E-state index in [-0.39, 0.29) is 12.0 Å². The Kier molecular flexibility index (Phi) is 5.99. The van der Waals surface area contributed by atoms with E-state index in [0.717, 1.165) is 55.2 Å². The standard InChI is InChI=1S/C23H32N4O3/c1-16-20(11-25(3)24-16)13-26-9-5-6-18(12-26)23-15-27(17(2)28)14-19-10-21(29-4)7-8-22(19)30-23/h7-8,10-11,18,23H,5-6,9,12-15H2,1-4H3. The van der Waals surface area contributed by atoms with Crippen LogP contribution in [0.4, 0.5) is 0 Å². The number of aryl methyl sites for hydroxylation is 2. The molecule has 7 heteroatoms. The molecule has 0 bridgehead atoms. The normalized spacial score (nSPS) is 22.2. The number of methoxy groups -OCH3 is 1. The molecule has 0 aliphatic carbocycles. The number of carbonyl (C=O) groups is 1. The zero-order chi connectivity index (χ0) is 21.3. The van der Waals surface area contributed by atoms with E-state index in [1.807, 2.05) is 34.8 Å². The topological polar surface area (TPSA) is 59.8 Å². The highest BCUT2D eigenvalue weighted by molar-refractivity contribution is 5.73. The molecule has 0 saturated carbocycles. The molecule has 1 aromatic carbocycles. The van der Waals surface area contributed by atoms with Crippen LogP contribution in [0.3, 0.4) is 0 Å². The van der Waals surface area contributed by atoms with E-state index in [2.05, 4.69) is 23.1 Å². The Balaban J connectivity index is 1.52. The summed E-state index contributed by atoms with van der Waals surface area (Å²) in [6.07, 6.45) is 4.35. The SMILES string of the molecule is COc1ccc2c(c1)CN(C(C)=O)CC(C1CCCN(Cc3cn(C)nc3C)C1)O2. The molecular formula is C23H32N4O3. The number of aromatic nitrogens is 2. The molecule has 0 spiro atoms. The maximum atomic E-state index is 12.3. The molecule has 162 valence electrons. The molecule has 1 aromatic heterocycles.